The highest BCUT2D eigenvalue weighted by Gasteiger charge is 2.35. The monoisotopic (exact) mass is 492 g/mol. The molecule has 0 spiro atoms. The lowest BCUT2D eigenvalue weighted by atomic mass is 10.1. The Labute approximate surface area is 186 Å². The number of anilines is 1. The fourth-order valence-corrected chi connectivity index (χ4v) is 3.63. The Morgan fingerprint density at radius 1 is 1.13 bits per heavy atom. The zero-order valence-corrected chi connectivity index (χ0v) is 18.6. The fraction of sp³-hybridized carbons (Fsp3) is 0.190. The second-order valence-corrected chi connectivity index (χ2v) is 7.37. The first-order chi connectivity index (χ1) is 14.3. The number of nitrogens with one attached hydrogen (secondary N) is 1. The summed E-state index contributed by atoms with van der Waals surface area (Å²) in [5.74, 6) is -0.820. The van der Waals surface area contributed by atoms with Crippen molar-refractivity contribution in [3.8, 4) is 11.5 Å². The molecule has 2 aromatic carbocycles. The number of nitrogens with zero attached hydrogens (tertiary/aromatic N) is 1. The van der Waals surface area contributed by atoms with Gasteiger partial charge in [-0.1, -0.05) is 6.07 Å². The molecule has 1 N–H and O–H groups in total. The lowest BCUT2D eigenvalue weighted by Gasteiger charge is -2.29. The SMILES string of the molecule is CCOc1cc(OCC)c(/C=C2/C(=O)NC(=S)N(c3cccc(F)c3)C2=O)cc1Br. The topological polar surface area (TPSA) is 67.9 Å². The van der Waals surface area contributed by atoms with E-state index < -0.39 is 17.6 Å². The van der Waals surface area contributed by atoms with Crippen LogP contribution < -0.4 is 19.7 Å². The minimum absolute atomic E-state index is 0.120. The van der Waals surface area contributed by atoms with Gasteiger partial charge in [-0.05, 0) is 72.3 Å². The van der Waals surface area contributed by atoms with Crippen LogP contribution in [0.1, 0.15) is 19.4 Å². The van der Waals surface area contributed by atoms with Crippen molar-refractivity contribution in [2.75, 3.05) is 18.1 Å². The van der Waals surface area contributed by atoms with Gasteiger partial charge in [0.2, 0.25) is 0 Å². The van der Waals surface area contributed by atoms with Gasteiger partial charge in [0.05, 0.1) is 23.4 Å². The fourth-order valence-electron chi connectivity index (χ4n) is 2.87. The highest BCUT2D eigenvalue weighted by molar-refractivity contribution is 9.10. The Morgan fingerprint density at radius 2 is 1.83 bits per heavy atom. The Bertz CT molecular complexity index is 1060. The summed E-state index contributed by atoms with van der Waals surface area (Å²) in [6, 6.07) is 8.78. The van der Waals surface area contributed by atoms with Gasteiger partial charge in [0.15, 0.2) is 5.11 Å². The number of carbonyl (C=O) groups excluding carboxylic acids is 2. The molecule has 30 heavy (non-hydrogen) atoms. The summed E-state index contributed by atoms with van der Waals surface area (Å²) in [7, 11) is 0. The van der Waals surface area contributed by atoms with Gasteiger partial charge in [0.1, 0.15) is 22.9 Å². The Balaban J connectivity index is 2.07. The van der Waals surface area contributed by atoms with E-state index in [1.165, 1.54) is 30.3 Å². The molecule has 156 valence electrons. The number of thiocarbonyl (C=S) groups is 1. The molecule has 0 aliphatic carbocycles. The van der Waals surface area contributed by atoms with Gasteiger partial charge < -0.3 is 9.47 Å². The van der Waals surface area contributed by atoms with Gasteiger partial charge in [-0.15, -0.1) is 0 Å². The van der Waals surface area contributed by atoms with Crippen molar-refractivity contribution in [1.82, 2.24) is 5.32 Å². The summed E-state index contributed by atoms with van der Waals surface area (Å²) < 4.78 is 25.5. The van der Waals surface area contributed by atoms with Crippen LogP contribution in [0, 0.1) is 5.82 Å². The molecule has 9 heteroatoms. The predicted molar refractivity (Wildman–Crippen MR) is 119 cm³/mol. The average Bonchev–Trinajstić information content (AvgIpc) is 2.68. The molecule has 0 radical (unpaired) electrons. The number of benzene rings is 2. The van der Waals surface area contributed by atoms with Crippen molar-refractivity contribution in [2.45, 2.75) is 13.8 Å². The van der Waals surface area contributed by atoms with Crippen molar-refractivity contribution in [1.29, 1.82) is 0 Å². The lowest BCUT2D eigenvalue weighted by molar-refractivity contribution is -0.122. The Morgan fingerprint density at radius 3 is 2.50 bits per heavy atom. The molecule has 1 saturated heterocycles. The van der Waals surface area contributed by atoms with Crippen LogP contribution in [-0.4, -0.2) is 30.1 Å². The molecule has 1 heterocycles. The first-order valence-electron chi connectivity index (χ1n) is 9.11. The predicted octanol–water partition coefficient (Wildman–Crippen LogP) is 4.22. The second-order valence-electron chi connectivity index (χ2n) is 6.12. The summed E-state index contributed by atoms with van der Waals surface area (Å²) in [6.07, 6.45) is 1.41. The molecular weight excluding hydrogens is 475 g/mol. The van der Waals surface area contributed by atoms with Crippen LogP contribution in [-0.2, 0) is 9.59 Å². The Kier molecular flexibility index (Phi) is 6.84. The smallest absolute Gasteiger partial charge is 0.270 e. The first-order valence-corrected chi connectivity index (χ1v) is 10.3. The molecule has 2 amide bonds. The third-order valence-corrected chi connectivity index (χ3v) is 5.04. The van der Waals surface area contributed by atoms with Gasteiger partial charge >= 0.3 is 0 Å². The number of hydrogen-bond donors (Lipinski definition) is 1. The van der Waals surface area contributed by atoms with Crippen molar-refractivity contribution in [2.24, 2.45) is 0 Å². The molecule has 2 aromatic rings. The quantitative estimate of drug-likeness (QED) is 0.371. The largest absolute Gasteiger partial charge is 0.493 e. The van der Waals surface area contributed by atoms with Crippen molar-refractivity contribution in [3.05, 3.63) is 57.8 Å². The molecule has 0 unspecified atom stereocenters. The van der Waals surface area contributed by atoms with Gasteiger partial charge in [0, 0.05) is 11.6 Å². The minimum atomic E-state index is -0.665. The minimum Gasteiger partial charge on any atom is -0.493 e. The van der Waals surface area contributed by atoms with Crippen LogP contribution in [0.2, 0.25) is 0 Å². The van der Waals surface area contributed by atoms with Crippen molar-refractivity contribution in [3.63, 3.8) is 0 Å². The van der Waals surface area contributed by atoms with Crippen LogP contribution in [0.15, 0.2) is 46.4 Å². The lowest BCUT2D eigenvalue weighted by Crippen LogP contribution is -2.54. The summed E-state index contributed by atoms with van der Waals surface area (Å²) in [6.45, 7) is 4.52. The number of ether oxygens (including phenoxy) is 2. The van der Waals surface area contributed by atoms with Gasteiger partial charge in [0.25, 0.3) is 11.8 Å². The van der Waals surface area contributed by atoms with E-state index in [0.29, 0.717) is 34.7 Å². The molecule has 0 atom stereocenters. The van der Waals surface area contributed by atoms with Crippen molar-refractivity contribution < 1.29 is 23.5 Å². The third kappa shape index (κ3) is 4.52. The number of rotatable bonds is 6. The maximum atomic E-state index is 13.7. The summed E-state index contributed by atoms with van der Waals surface area (Å²) in [5.41, 5.74) is 0.552. The van der Waals surface area contributed by atoms with Crippen LogP contribution in [0.3, 0.4) is 0 Å². The van der Waals surface area contributed by atoms with Crippen LogP contribution in [0.5, 0.6) is 11.5 Å². The zero-order valence-electron chi connectivity index (χ0n) is 16.2. The van der Waals surface area contributed by atoms with Crippen LogP contribution in [0.25, 0.3) is 6.08 Å². The van der Waals surface area contributed by atoms with Crippen LogP contribution >= 0.6 is 28.1 Å². The number of halogens is 2. The summed E-state index contributed by atoms with van der Waals surface area (Å²) >= 11 is 8.56. The second kappa shape index (κ2) is 9.36. The van der Waals surface area contributed by atoms with Crippen LogP contribution in [0.4, 0.5) is 10.1 Å². The van der Waals surface area contributed by atoms with Gasteiger partial charge in [-0.3, -0.25) is 19.8 Å². The zero-order chi connectivity index (χ0) is 21.8. The maximum absolute atomic E-state index is 13.7. The normalized spacial score (nSPS) is 15.4. The molecule has 0 bridgehead atoms. The Hall–Kier alpha value is -2.78. The van der Waals surface area contributed by atoms with E-state index in [1.807, 2.05) is 13.8 Å². The number of hydrogen-bond acceptors (Lipinski definition) is 5. The molecule has 1 aliphatic rings. The molecule has 6 nitrogen and oxygen atoms in total. The standard InChI is InChI=1S/C21H18BrFN2O4S/c1-3-28-17-11-18(29-4-2)16(22)9-12(17)8-15-19(26)24-21(30)25(20(15)27)14-7-5-6-13(23)10-14/h5-11H,3-4H2,1-2H3,(H,24,26,30)/b15-8-. The van der Waals surface area contributed by atoms with Crippen molar-refractivity contribution >= 4 is 56.8 Å². The highest BCUT2D eigenvalue weighted by atomic mass is 79.9. The van der Waals surface area contributed by atoms with E-state index in [2.05, 4.69) is 21.2 Å². The number of amides is 2. The summed E-state index contributed by atoms with van der Waals surface area (Å²) in [5, 5.41) is 2.36. The van der Waals surface area contributed by atoms with E-state index in [0.717, 1.165) is 4.90 Å². The highest BCUT2D eigenvalue weighted by Crippen LogP contribution is 2.35. The molecule has 1 fully saturated rings. The first kappa shape index (κ1) is 21.9. The summed E-state index contributed by atoms with van der Waals surface area (Å²) in [4.78, 5) is 26.7. The van der Waals surface area contributed by atoms with E-state index in [4.69, 9.17) is 21.7 Å². The molecule has 1 aliphatic heterocycles. The van der Waals surface area contributed by atoms with E-state index >= 15 is 0 Å². The molecule has 0 aromatic heterocycles. The maximum Gasteiger partial charge on any atom is 0.270 e. The average molecular weight is 493 g/mol. The van der Waals surface area contributed by atoms with Gasteiger partial charge in [-0.2, -0.15) is 0 Å². The number of carbonyl (C=O) groups is 2. The molecule has 0 saturated carbocycles. The van der Waals surface area contributed by atoms with E-state index in [1.54, 1.807) is 12.1 Å². The van der Waals surface area contributed by atoms with E-state index in [9.17, 15) is 14.0 Å². The third-order valence-electron chi connectivity index (χ3n) is 4.13. The molecule has 3 rings (SSSR count). The molecular formula is C21H18BrFN2O4S. The van der Waals surface area contributed by atoms with Gasteiger partial charge in [-0.25, -0.2) is 4.39 Å². The van der Waals surface area contributed by atoms with E-state index in [-0.39, 0.29) is 16.4 Å².